The van der Waals surface area contributed by atoms with E-state index in [-0.39, 0.29) is 27.7 Å². The topological polar surface area (TPSA) is 213 Å². The molecule has 5 rings (SSSR count). The van der Waals surface area contributed by atoms with Crippen molar-refractivity contribution in [1.82, 2.24) is 40.2 Å². The summed E-state index contributed by atoms with van der Waals surface area (Å²) < 4.78 is 1.72. The summed E-state index contributed by atoms with van der Waals surface area (Å²) in [5, 5.41) is 50.2. The first-order chi connectivity index (χ1) is 17.8. The van der Waals surface area contributed by atoms with Gasteiger partial charge in [-0.3, -0.25) is 19.9 Å². The van der Waals surface area contributed by atoms with Gasteiger partial charge in [0.15, 0.2) is 11.4 Å². The Morgan fingerprint density at radius 1 is 1.41 bits per heavy atom. The average molecular weight is 565 g/mol. The number of thioether (sulfide) groups is 2. The summed E-state index contributed by atoms with van der Waals surface area (Å²) in [6.45, 7) is 0. The maximum absolute atomic E-state index is 13.0. The maximum Gasteiger partial charge on any atom is 0.352 e. The molecule has 4 N–H and O–H groups in total. The minimum absolute atomic E-state index is 0.0896. The number of rotatable bonds is 8. The van der Waals surface area contributed by atoms with Crippen molar-refractivity contribution in [2.24, 2.45) is 5.16 Å². The van der Waals surface area contributed by atoms with Crippen LogP contribution in [0.3, 0.4) is 0 Å². The summed E-state index contributed by atoms with van der Waals surface area (Å²) in [7, 11) is 1.20. The number of aromatic nitrogens is 6. The zero-order valence-electron chi connectivity index (χ0n) is 18.6. The minimum Gasteiger partial charge on any atom is -0.477 e. The molecule has 0 aliphatic carbocycles. The van der Waals surface area contributed by atoms with Crippen LogP contribution in [0.4, 0.5) is 0 Å². The summed E-state index contributed by atoms with van der Waals surface area (Å²) in [5.74, 6) is -2.11. The Morgan fingerprint density at radius 2 is 2.22 bits per heavy atom. The predicted octanol–water partition coefficient (Wildman–Crippen LogP) is -1.02. The Labute approximate surface area is 218 Å². The number of carboxylic acids is 1. The number of tetrazole rings is 1. The molecule has 0 aromatic carbocycles. The summed E-state index contributed by atoms with van der Waals surface area (Å²) in [6.07, 6.45) is 0. The number of amides is 2. The first-order valence-corrected chi connectivity index (χ1v) is 13.2. The van der Waals surface area contributed by atoms with Gasteiger partial charge in [0, 0.05) is 16.9 Å². The lowest BCUT2D eigenvalue weighted by atomic mass is 10.0. The molecule has 5 heterocycles. The second-order valence-corrected chi connectivity index (χ2v) is 10.4. The minimum atomic E-state index is -1.26. The summed E-state index contributed by atoms with van der Waals surface area (Å²) in [6, 6.07) is 2.37. The van der Waals surface area contributed by atoms with Gasteiger partial charge < -0.3 is 20.5 Å². The lowest BCUT2D eigenvalue weighted by Gasteiger charge is -2.49. The first kappa shape index (κ1) is 24.7. The van der Waals surface area contributed by atoms with E-state index in [1.165, 1.54) is 40.6 Å². The Kier molecular flexibility index (Phi) is 6.56. The molecule has 3 aromatic heterocycles. The molecule has 0 spiro atoms. The highest BCUT2D eigenvalue weighted by atomic mass is 32.2. The number of thiazole rings is 1. The Hall–Kier alpha value is -3.97. The predicted molar refractivity (Wildman–Crippen MR) is 128 cm³/mol. The Morgan fingerprint density at radius 3 is 2.92 bits per heavy atom. The van der Waals surface area contributed by atoms with Gasteiger partial charge in [-0.15, -0.1) is 49.7 Å². The van der Waals surface area contributed by atoms with Gasteiger partial charge in [-0.25, -0.2) is 4.79 Å². The standard InChI is InChI=1S/C18H16N10O6S3/c1-34-23-11(8-6-37-18(19)27(8)33)14(29)20-12-15(30)26-13(17(31)32)7(5-36-16(12)26)4-35-10-3-2-9-21-24-25-28(9)22-10/h2-3,6,12,16,19,33H,4-5H2,1H3,(H,20,29)(H,31,32)/b19-18?,23-11+/t12-,16-/m1/s1. The smallest absolute Gasteiger partial charge is 0.352 e. The number of carbonyl (C=O) groups is 3. The van der Waals surface area contributed by atoms with E-state index < -0.39 is 29.2 Å². The number of β-lactam (4-membered cyclic amide) rings is 1. The van der Waals surface area contributed by atoms with Crippen molar-refractivity contribution in [3.05, 3.63) is 39.3 Å². The number of hydrogen-bond donors (Lipinski definition) is 4. The number of aliphatic carboxylic acids is 1. The highest BCUT2D eigenvalue weighted by Gasteiger charge is 2.54. The van der Waals surface area contributed by atoms with Crippen LogP contribution in [0.25, 0.3) is 5.65 Å². The second-order valence-electron chi connectivity index (χ2n) is 7.47. The summed E-state index contributed by atoms with van der Waals surface area (Å²) >= 11 is 3.45. The zero-order valence-corrected chi connectivity index (χ0v) is 21.1. The number of carboxylic acid groups (broad SMARTS) is 1. The fourth-order valence-corrected chi connectivity index (χ4v) is 6.62. The van der Waals surface area contributed by atoms with Crippen LogP contribution in [-0.4, -0.2) is 98.7 Å². The number of nitrogens with one attached hydrogen (secondary N) is 2. The second kappa shape index (κ2) is 9.82. The van der Waals surface area contributed by atoms with Crippen molar-refractivity contribution in [1.29, 1.82) is 5.41 Å². The van der Waals surface area contributed by atoms with E-state index in [0.717, 1.165) is 16.2 Å². The number of oxime groups is 1. The third-order valence-corrected chi connectivity index (χ3v) is 8.40. The van der Waals surface area contributed by atoms with Crippen LogP contribution in [0, 0.1) is 5.41 Å². The molecule has 16 nitrogen and oxygen atoms in total. The molecule has 0 radical (unpaired) electrons. The summed E-state index contributed by atoms with van der Waals surface area (Å²) in [5.41, 5.74) is 0.431. The number of nitrogens with zero attached hydrogens (tertiary/aromatic N) is 8. The van der Waals surface area contributed by atoms with Crippen LogP contribution in [0.5, 0.6) is 0 Å². The molecule has 0 saturated carbocycles. The molecule has 0 bridgehead atoms. The molecular formula is C18H16N10O6S3. The molecule has 2 aliphatic rings. The molecule has 19 heteroatoms. The van der Waals surface area contributed by atoms with E-state index in [2.05, 4.69) is 31.1 Å². The highest BCUT2D eigenvalue weighted by molar-refractivity contribution is 8.01. The molecule has 2 atom stereocenters. The third-order valence-electron chi connectivity index (χ3n) is 5.32. The zero-order chi connectivity index (χ0) is 26.3. The van der Waals surface area contributed by atoms with E-state index in [1.54, 1.807) is 12.1 Å². The number of hydrogen-bond acceptors (Lipinski definition) is 14. The normalized spacial score (nSPS) is 19.5. The molecule has 1 saturated heterocycles. The van der Waals surface area contributed by atoms with Crippen LogP contribution in [-0.2, 0) is 19.2 Å². The fourth-order valence-electron chi connectivity index (χ4n) is 3.65. The largest absolute Gasteiger partial charge is 0.477 e. The van der Waals surface area contributed by atoms with Crippen LogP contribution in [0.1, 0.15) is 5.69 Å². The van der Waals surface area contributed by atoms with Crippen molar-refractivity contribution >= 4 is 64.0 Å². The quantitative estimate of drug-likeness (QED) is 0.0851. The third kappa shape index (κ3) is 4.40. The molecule has 2 aliphatic heterocycles. The fraction of sp³-hybridized carbons (Fsp3) is 0.278. The Balaban J connectivity index is 1.32. The highest BCUT2D eigenvalue weighted by Crippen LogP contribution is 2.41. The van der Waals surface area contributed by atoms with E-state index in [0.29, 0.717) is 26.7 Å². The van der Waals surface area contributed by atoms with Gasteiger partial charge in [0.2, 0.25) is 4.80 Å². The Bertz CT molecular complexity index is 1540. The van der Waals surface area contributed by atoms with Crippen LogP contribution in [0.15, 0.2) is 39.0 Å². The van der Waals surface area contributed by atoms with Crippen LogP contribution >= 0.6 is 34.9 Å². The van der Waals surface area contributed by atoms with Gasteiger partial charge in [0.1, 0.15) is 34.9 Å². The first-order valence-electron chi connectivity index (χ1n) is 10.2. The van der Waals surface area contributed by atoms with Crippen LogP contribution in [0.2, 0.25) is 0 Å². The molecular weight excluding hydrogens is 548 g/mol. The average Bonchev–Trinajstić information content (AvgIpc) is 3.49. The van der Waals surface area contributed by atoms with Crippen molar-refractivity contribution in [3.8, 4) is 0 Å². The van der Waals surface area contributed by atoms with E-state index in [1.807, 2.05) is 0 Å². The molecule has 192 valence electrons. The van der Waals surface area contributed by atoms with Gasteiger partial charge in [0.05, 0.1) is 0 Å². The van der Waals surface area contributed by atoms with Gasteiger partial charge in [-0.05, 0) is 28.1 Å². The van der Waals surface area contributed by atoms with Crippen LogP contribution < -0.4 is 10.1 Å². The van der Waals surface area contributed by atoms with E-state index in [9.17, 15) is 24.7 Å². The molecule has 37 heavy (non-hydrogen) atoms. The van der Waals surface area contributed by atoms with Gasteiger partial charge >= 0.3 is 5.97 Å². The number of carbonyl (C=O) groups excluding carboxylic acids is 2. The van der Waals surface area contributed by atoms with Gasteiger partial charge in [0.25, 0.3) is 11.8 Å². The molecule has 2 amide bonds. The van der Waals surface area contributed by atoms with Crippen molar-refractivity contribution in [2.75, 3.05) is 18.6 Å². The maximum atomic E-state index is 13.0. The van der Waals surface area contributed by atoms with Gasteiger partial charge in [-0.1, -0.05) is 5.16 Å². The molecule has 1 fully saturated rings. The van der Waals surface area contributed by atoms with E-state index in [4.69, 9.17) is 10.2 Å². The lowest BCUT2D eigenvalue weighted by molar-refractivity contribution is -0.150. The van der Waals surface area contributed by atoms with E-state index >= 15 is 0 Å². The van der Waals surface area contributed by atoms with Gasteiger partial charge in [-0.2, -0.15) is 4.73 Å². The van der Waals surface area contributed by atoms with Crippen molar-refractivity contribution in [2.45, 2.75) is 16.4 Å². The monoisotopic (exact) mass is 564 g/mol. The summed E-state index contributed by atoms with van der Waals surface area (Å²) in [4.78, 5) is 43.6. The van der Waals surface area contributed by atoms with Crippen molar-refractivity contribution in [3.63, 3.8) is 0 Å². The molecule has 0 unspecified atom stereocenters. The van der Waals surface area contributed by atoms with Crippen molar-refractivity contribution < 1.29 is 29.5 Å². The lowest BCUT2D eigenvalue weighted by Crippen LogP contribution is -2.71. The number of fused-ring (bicyclic) bond motifs is 2. The molecule has 3 aromatic rings. The SMILES string of the molecule is CO/N=C(/C(=O)N[C@@H]1C(=O)N2C(C(=O)O)=C(CSc3ccc4nnnn4n3)CS[C@H]12)c1csc(=N)n1O.